The van der Waals surface area contributed by atoms with Crippen molar-refractivity contribution in [3.05, 3.63) is 46.5 Å². The maximum absolute atomic E-state index is 12.7. The van der Waals surface area contributed by atoms with Crippen molar-refractivity contribution >= 4 is 21.8 Å². The molecule has 1 amide bonds. The first kappa shape index (κ1) is 16.1. The molecular formula is C16H19BrN4O2. The first-order valence-corrected chi connectivity index (χ1v) is 8.37. The van der Waals surface area contributed by atoms with Crippen LogP contribution in [-0.4, -0.2) is 27.3 Å². The van der Waals surface area contributed by atoms with Crippen molar-refractivity contribution in [3.8, 4) is 0 Å². The summed E-state index contributed by atoms with van der Waals surface area (Å²) in [6, 6.07) is 5.57. The average Bonchev–Trinajstić information content (AvgIpc) is 3.15. The predicted molar refractivity (Wildman–Crippen MR) is 88.5 cm³/mol. The number of aryl methyl sites for hydroxylation is 1. The predicted octanol–water partition coefficient (Wildman–Crippen LogP) is 2.53. The van der Waals surface area contributed by atoms with Gasteiger partial charge in [0.25, 0.3) is 0 Å². The normalized spacial score (nSPS) is 22.0. The molecule has 6 nitrogen and oxygen atoms in total. The average molecular weight is 379 g/mol. The summed E-state index contributed by atoms with van der Waals surface area (Å²) in [5.41, 5.74) is 1.76. The highest BCUT2D eigenvalue weighted by Gasteiger charge is 2.37. The Morgan fingerprint density at radius 3 is 2.96 bits per heavy atom. The Labute approximate surface area is 143 Å². The second-order valence-corrected chi connectivity index (χ2v) is 6.61. The molecule has 7 heteroatoms. The molecule has 3 atom stereocenters. The van der Waals surface area contributed by atoms with E-state index in [-0.39, 0.29) is 24.0 Å². The number of carbonyl (C=O) groups is 1. The maximum atomic E-state index is 12.7. The van der Waals surface area contributed by atoms with Crippen molar-refractivity contribution in [2.45, 2.75) is 25.5 Å². The topological polar surface area (TPSA) is 69.0 Å². The Balaban J connectivity index is 1.69. The van der Waals surface area contributed by atoms with Gasteiger partial charge in [-0.25, -0.2) is 0 Å². The van der Waals surface area contributed by atoms with Crippen molar-refractivity contribution in [2.24, 2.45) is 13.0 Å². The summed E-state index contributed by atoms with van der Waals surface area (Å²) >= 11 is 3.36. The quantitative estimate of drug-likeness (QED) is 0.887. The van der Waals surface area contributed by atoms with Gasteiger partial charge in [0.05, 0.1) is 23.3 Å². The van der Waals surface area contributed by atoms with Crippen LogP contribution in [0.15, 0.2) is 35.1 Å². The van der Waals surface area contributed by atoms with Gasteiger partial charge in [-0.05, 0) is 47.5 Å². The van der Waals surface area contributed by atoms with Crippen molar-refractivity contribution < 1.29 is 9.53 Å². The number of amides is 1. The van der Waals surface area contributed by atoms with Gasteiger partial charge >= 0.3 is 0 Å². The smallest absolute Gasteiger partial charge is 0.226 e. The third kappa shape index (κ3) is 3.45. The highest BCUT2D eigenvalue weighted by molar-refractivity contribution is 9.10. The van der Waals surface area contributed by atoms with Gasteiger partial charge in [0.2, 0.25) is 5.91 Å². The summed E-state index contributed by atoms with van der Waals surface area (Å²) in [5, 5.41) is 7.20. The third-order valence-corrected chi connectivity index (χ3v) is 4.60. The fraction of sp³-hybridized carbons (Fsp3) is 0.438. The molecule has 122 valence electrons. The van der Waals surface area contributed by atoms with Crippen LogP contribution in [-0.2, 0) is 16.6 Å². The van der Waals surface area contributed by atoms with E-state index in [4.69, 9.17) is 4.74 Å². The van der Waals surface area contributed by atoms with E-state index in [1.807, 2.05) is 32.2 Å². The first-order valence-electron chi connectivity index (χ1n) is 7.57. The van der Waals surface area contributed by atoms with E-state index < -0.39 is 0 Å². The van der Waals surface area contributed by atoms with E-state index in [0.717, 1.165) is 15.9 Å². The SMILES string of the molecule is CC(NC(=O)[C@@H]1CCO[C@H]1c1ccnn1C)c1ccc(Br)cn1. The van der Waals surface area contributed by atoms with Gasteiger partial charge < -0.3 is 10.1 Å². The lowest BCUT2D eigenvalue weighted by molar-refractivity contribution is -0.127. The maximum Gasteiger partial charge on any atom is 0.226 e. The molecule has 0 spiro atoms. The lowest BCUT2D eigenvalue weighted by Gasteiger charge is -2.21. The van der Waals surface area contributed by atoms with E-state index in [1.165, 1.54) is 0 Å². The number of rotatable bonds is 4. The van der Waals surface area contributed by atoms with E-state index in [2.05, 4.69) is 31.3 Å². The molecule has 1 aliphatic rings. The Kier molecular flexibility index (Phi) is 4.77. The Bertz CT molecular complexity index is 686. The van der Waals surface area contributed by atoms with Crippen molar-refractivity contribution in [1.29, 1.82) is 0 Å². The zero-order valence-electron chi connectivity index (χ0n) is 13.1. The summed E-state index contributed by atoms with van der Waals surface area (Å²) in [5.74, 6) is -0.214. The largest absolute Gasteiger partial charge is 0.371 e. The molecule has 1 unspecified atom stereocenters. The number of nitrogens with zero attached hydrogens (tertiary/aromatic N) is 3. The highest BCUT2D eigenvalue weighted by Crippen LogP contribution is 2.34. The van der Waals surface area contributed by atoms with Crippen LogP contribution in [0.5, 0.6) is 0 Å². The molecule has 2 aromatic heterocycles. The van der Waals surface area contributed by atoms with Crippen molar-refractivity contribution in [1.82, 2.24) is 20.1 Å². The van der Waals surface area contributed by atoms with Crippen LogP contribution in [0.2, 0.25) is 0 Å². The number of carbonyl (C=O) groups excluding carboxylic acids is 1. The van der Waals surface area contributed by atoms with Gasteiger partial charge in [-0.2, -0.15) is 5.10 Å². The van der Waals surface area contributed by atoms with Gasteiger partial charge in [-0.1, -0.05) is 0 Å². The molecular weight excluding hydrogens is 360 g/mol. The number of pyridine rings is 1. The lowest BCUT2D eigenvalue weighted by Crippen LogP contribution is -2.34. The number of ether oxygens (including phenoxy) is 1. The van der Waals surface area contributed by atoms with Gasteiger partial charge in [0.15, 0.2) is 0 Å². The minimum atomic E-state index is -0.243. The van der Waals surface area contributed by atoms with E-state index >= 15 is 0 Å². The highest BCUT2D eigenvalue weighted by atomic mass is 79.9. The van der Waals surface area contributed by atoms with Gasteiger partial charge in [-0.15, -0.1) is 0 Å². The van der Waals surface area contributed by atoms with E-state index in [9.17, 15) is 4.79 Å². The van der Waals surface area contributed by atoms with Gasteiger partial charge in [0.1, 0.15) is 6.10 Å². The molecule has 1 fully saturated rings. The fourth-order valence-corrected chi connectivity index (χ4v) is 3.09. The molecule has 0 radical (unpaired) electrons. The second-order valence-electron chi connectivity index (χ2n) is 5.70. The van der Waals surface area contributed by atoms with Crippen LogP contribution in [0.1, 0.15) is 36.9 Å². The molecule has 3 rings (SSSR count). The molecule has 23 heavy (non-hydrogen) atoms. The van der Waals surface area contributed by atoms with Crippen molar-refractivity contribution in [2.75, 3.05) is 6.61 Å². The summed E-state index contributed by atoms with van der Waals surface area (Å²) in [6.45, 7) is 2.52. The second kappa shape index (κ2) is 6.80. The van der Waals surface area contributed by atoms with Crippen LogP contribution < -0.4 is 5.32 Å². The first-order chi connectivity index (χ1) is 11.1. The molecule has 0 saturated carbocycles. The number of halogens is 1. The summed E-state index contributed by atoms with van der Waals surface area (Å²) in [4.78, 5) is 17.0. The molecule has 2 aromatic rings. The van der Waals surface area contributed by atoms with Crippen molar-refractivity contribution in [3.63, 3.8) is 0 Å². The van der Waals surface area contributed by atoms with Gasteiger partial charge in [-0.3, -0.25) is 14.5 Å². The molecule has 1 N–H and O–H groups in total. The van der Waals surface area contributed by atoms with Crippen LogP contribution in [0.3, 0.4) is 0 Å². The van der Waals surface area contributed by atoms with E-state index in [1.54, 1.807) is 17.1 Å². The van der Waals surface area contributed by atoms with Crippen LogP contribution >= 0.6 is 15.9 Å². The summed E-state index contributed by atoms with van der Waals surface area (Å²) in [6.07, 6.45) is 3.92. The summed E-state index contributed by atoms with van der Waals surface area (Å²) in [7, 11) is 1.86. The monoisotopic (exact) mass is 378 g/mol. The Morgan fingerprint density at radius 2 is 2.30 bits per heavy atom. The van der Waals surface area contributed by atoms with Crippen LogP contribution in [0.25, 0.3) is 0 Å². The Morgan fingerprint density at radius 1 is 1.48 bits per heavy atom. The number of hydrogen-bond acceptors (Lipinski definition) is 4. The standard InChI is InChI=1S/C16H19BrN4O2/c1-10(13-4-3-11(17)9-18-13)20-16(22)12-6-8-23-15(12)14-5-7-19-21(14)2/h3-5,7,9-10,12,15H,6,8H2,1-2H3,(H,20,22)/t10?,12-,15-/m1/s1. The van der Waals surface area contributed by atoms with Crippen LogP contribution in [0.4, 0.5) is 0 Å². The molecule has 0 aliphatic carbocycles. The minimum absolute atomic E-state index is 0.00841. The molecule has 0 bridgehead atoms. The van der Waals surface area contributed by atoms with Crippen LogP contribution in [0, 0.1) is 5.92 Å². The zero-order chi connectivity index (χ0) is 16.4. The molecule has 1 aliphatic heterocycles. The number of aromatic nitrogens is 3. The zero-order valence-corrected chi connectivity index (χ0v) is 14.7. The third-order valence-electron chi connectivity index (χ3n) is 4.13. The summed E-state index contributed by atoms with van der Waals surface area (Å²) < 4.78 is 8.45. The Hall–Kier alpha value is -1.73. The molecule has 1 saturated heterocycles. The van der Waals surface area contributed by atoms with Gasteiger partial charge in [0, 0.05) is 30.5 Å². The lowest BCUT2D eigenvalue weighted by atomic mass is 9.97. The minimum Gasteiger partial charge on any atom is -0.371 e. The number of hydrogen-bond donors (Lipinski definition) is 1. The number of nitrogens with one attached hydrogen (secondary N) is 1. The van der Waals surface area contributed by atoms with E-state index in [0.29, 0.717) is 13.0 Å². The molecule has 0 aromatic carbocycles. The fourth-order valence-electron chi connectivity index (χ4n) is 2.85. The molecule has 3 heterocycles.